The summed E-state index contributed by atoms with van der Waals surface area (Å²) in [6, 6.07) is 6.19. The van der Waals surface area contributed by atoms with Crippen LogP contribution in [0.15, 0.2) is 18.2 Å². The minimum Gasteiger partial charge on any atom is -0.493 e. The highest BCUT2D eigenvalue weighted by atomic mass is 16.5. The van der Waals surface area contributed by atoms with Gasteiger partial charge in [0.05, 0.1) is 12.6 Å². The zero-order chi connectivity index (χ0) is 10.7. The molecule has 0 saturated carbocycles. The highest BCUT2D eigenvalue weighted by molar-refractivity contribution is 5.50. The van der Waals surface area contributed by atoms with Crippen LogP contribution >= 0.6 is 0 Å². The van der Waals surface area contributed by atoms with Gasteiger partial charge in [-0.25, -0.2) is 0 Å². The molecule has 0 aromatic heterocycles. The van der Waals surface area contributed by atoms with E-state index in [0.29, 0.717) is 0 Å². The first-order chi connectivity index (χ1) is 7.31. The number of ether oxygens (including phenoxy) is 1. The maximum absolute atomic E-state index is 10.5. The molecule has 0 bridgehead atoms. The van der Waals surface area contributed by atoms with Gasteiger partial charge in [-0.05, 0) is 25.8 Å². The number of aryl methyl sites for hydroxylation is 1. The van der Waals surface area contributed by atoms with E-state index in [2.05, 4.69) is 11.4 Å². The van der Waals surface area contributed by atoms with E-state index in [9.17, 15) is 4.79 Å². The minimum absolute atomic E-state index is 0.0971. The first kappa shape index (κ1) is 10.0. The fraction of sp³-hybridized carbons (Fsp3) is 0.417. The zero-order valence-electron chi connectivity index (χ0n) is 8.82. The number of fused-ring (bicyclic) bond motifs is 1. The lowest BCUT2D eigenvalue weighted by Gasteiger charge is -2.16. The SMILES string of the molecule is Cc1ccc2c(c1)C(NC=O)CCCO2. The molecule has 1 aromatic rings. The molecule has 0 spiro atoms. The van der Waals surface area contributed by atoms with Crippen molar-refractivity contribution in [2.45, 2.75) is 25.8 Å². The number of amides is 1. The largest absolute Gasteiger partial charge is 0.493 e. The topological polar surface area (TPSA) is 38.3 Å². The monoisotopic (exact) mass is 205 g/mol. The Hall–Kier alpha value is -1.51. The molecule has 0 aliphatic carbocycles. The molecule has 1 aliphatic rings. The Balaban J connectivity index is 2.37. The second-order valence-corrected chi connectivity index (χ2v) is 3.87. The Morgan fingerprint density at radius 2 is 2.40 bits per heavy atom. The molecule has 1 N–H and O–H groups in total. The number of carbonyl (C=O) groups excluding carboxylic acids is 1. The Labute approximate surface area is 89.4 Å². The van der Waals surface area contributed by atoms with Crippen molar-refractivity contribution in [3.63, 3.8) is 0 Å². The lowest BCUT2D eigenvalue weighted by Crippen LogP contribution is -2.18. The van der Waals surface area contributed by atoms with E-state index in [1.54, 1.807) is 0 Å². The Kier molecular flexibility index (Phi) is 2.90. The standard InChI is InChI=1S/C12H15NO2/c1-9-4-5-12-10(7-9)11(13-8-14)3-2-6-15-12/h4-5,7-8,11H,2-3,6H2,1H3,(H,13,14). The second-order valence-electron chi connectivity index (χ2n) is 3.87. The van der Waals surface area contributed by atoms with Crippen LogP contribution in [-0.4, -0.2) is 13.0 Å². The molecule has 0 saturated heterocycles. The third-order valence-corrected chi connectivity index (χ3v) is 2.70. The van der Waals surface area contributed by atoms with Gasteiger partial charge in [-0.1, -0.05) is 17.7 Å². The van der Waals surface area contributed by atoms with E-state index >= 15 is 0 Å². The van der Waals surface area contributed by atoms with E-state index in [1.165, 1.54) is 5.56 Å². The van der Waals surface area contributed by atoms with E-state index in [4.69, 9.17) is 4.74 Å². The van der Waals surface area contributed by atoms with Crippen molar-refractivity contribution >= 4 is 6.41 Å². The van der Waals surface area contributed by atoms with Crippen molar-refractivity contribution in [1.82, 2.24) is 5.32 Å². The predicted molar refractivity (Wildman–Crippen MR) is 57.8 cm³/mol. The molecule has 1 atom stereocenters. The summed E-state index contributed by atoms with van der Waals surface area (Å²) in [5, 5.41) is 2.85. The molecule has 15 heavy (non-hydrogen) atoms. The predicted octanol–water partition coefficient (Wildman–Crippen LogP) is 1.95. The molecule has 1 aromatic carbocycles. The molecule has 3 heteroatoms. The first-order valence-corrected chi connectivity index (χ1v) is 5.24. The third kappa shape index (κ3) is 2.12. The highest BCUT2D eigenvalue weighted by Gasteiger charge is 2.18. The number of benzene rings is 1. The highest BCUT2D eigenvalue weighted by Crippen LogP contribution is 2.31. The molecule has 1 amide bonds. The van der Waals surface area contributed by atoms with Crippen molar-refractivity contribution in [2.24, 2.45) is 0 Å². The van der Waals surface area contributed by atoms with Crippen LogP contribution in [0.25, 0.3) is 0 Å². The van der Waals surface area contributed by atoms with Gasteiger partial charge in [0.2, 0.25) is 6.41 Å². The molecule has 1 heterocycles. The van der Waals surface area contributed by atoms with E-state index in [1.807, 2.05) is 19.1 Å². The molecular weight excluding hydrogens is 190 g/mol. The molecule has 0 radical (unpaired) electrons. The smallest absolute Gasteiger partial charge is 0.207 e. The summed E-state index contributed by atoms with van der Waals surface area (Å²) in [5.74, 6) is 0.900. The third-order valence-electron chi connectivity index (χ3n) is 2.70. The summed E-state index contributed by atoms with van der Waals surface area (Å²) in [6.07, 6.45) is 2.68. The van der Waals surface area contributed by atoms with Crippen LogP contribution in [0.2, 0.25) is 0 Å². The molecule has 1 aliphatic heterocycles. The second kappa shape index (κ2) is 4.34. The maximum atomic E-state index is 10.5. The van der Waals surface area contributed by atoms with Gasteiger partial charge in [0.25, 0.3) is 0 Å². The molecular formula is C12H15NO2. The summed E-state index contributed by atoms with van der Waals surface area (Å²) in [6.45, 7) is 2.77. The van der Waals surface area contributed by atoms with Gasteiger partial charge in [0.1, 0.15) is 5.75 Å². The van der Waals surface area contributed by atoms with Crippen LogP contribution in [-0.2, 0) is 4.79 Å². The lowest BCUT2D eigenvalue weighted by molar-refractivity contribution is -0.110. The van der Waals surface area contributed by atoms with Crippen LogP contribution in [0, 0.1) is 6.92 Å². The van der Waals surface area contributed by atoms with E-state index in [-0.39, 0.29) is 6.04 Å². The summed E-state index contributed by atoms with van der Waals surface area (Å²) in [5.41, 5.74) is 2.29. The van der Waals surface area contributed by atoms with Crippen molar-refractivity contribution in [3.8, 4) is 5.75 Å². The average Bonchev–Trinajstić information content (AvgIpc) is 2.42. The molecule has 0 fully saturated rings. The Bertz CT molecular complexity index is 363. The number of carbonyl (C=O) groups is 1. The minimum atomic E-state index is 0.0971. The van der Waals surface area contributed by atoms with E-state index < -0.39 is 0 Å². The van der Waals surface area contributed by atoms with E-state index in [0.717, 1.165) is 37.2 Å². The number of rotatable bonds is 2. The molecule has 80 valence electrons. The van der Waals surface area contributed by atoms with Gasteiger partial charge in [-0.2, -0.15) is 0 Å². The Morgan fingerprint density at radius 1 is 1.53 bits per heavy atom. The summed E-state index contributed by atoms with van der Waals surface area (Å²) >= 11 is 0. The van der Waals surface area contributed by atoms with Crippen LogP contribution < -0.4 is 10.1 Å². The van der Waals surface area contributed by atoms with Gasteiger partial charge in [-0.15, -0.1) is 0 Å². The first-order valence-electron chi connectivity index (χ1n) is 5.24. The molecule has 2 rings (SSSR count). The van der Waals surface area contributed by atoms with Crippen molar-refractivity contribution in [2.75, 3.05) is 6.61 Å². The average molecular weight is 205 g/mol. The van der Waals surface area contributed by atoms with Crippen molar-refractivity contribution in [3.05, 3.63) is 29.3 Å². The van der Waals surface area contributed by atoms with Crippen LogP contribution in [0.1, 0.15) is 30.0 Å². The van der Waals surface area contributed by atoms with Gasteiger partial charge in [-0.3, -0.25) is 4.79 Å². The normalized spacial score (nSPS) is 19.7. The number of nitrogens with one attached hydrogen (secondary N) is 1. The van der Waals surface area contributed by atoms with Gasteiger partial charge in [0.15, 0.2) is 0 Å². The fourth-order valence-corrected chi connectivity index (χ4v) is 1.95. The summed E-state index contributed by atoms with van der Waals surface area (Å²) in [4.78, 5) is 10.5. The van der Waals surface area contributed by atoms with Gasteiger partial charge in [0, 0.05) is 5.56 Å². The molecule has 3 nitrogen and oxygen atoms in total. The zero-order valence-corrected chi connectivity index (χ0v) is 8.82. The van der Waals surface area contributed by atoms with Crippen molar-refractivity contribution in [1.29, 1.82) is 0 Å². The quantitative estimate of drug-likeness (QED) is 0.749. The molecule has 1 unspecified atom stereocenters. The van der Waals surface area contributed by atoms with Crippen LogP contribution in [0.3, 0.4) is 0 Å². The summed E-state index contributed by atoms with van der Waals surface area (Å²) < 4.78 is 5.62. The van der Waals surface area contributed by atoms with Crippen LogP contribution in [0.4, 0.5) is 0 Å². The lowest BCUT2D eigenvalue weighted by atomic mass is 10.0. The Morgan fingerprint density at radius 3 is 3.20 bits per heavy atom. The van der Waals surface area contributed by atoms with Crippen molar-refractivity contribution < 1.29 is 9.53 Å². The van der Waals surface area contributed by atoms with Crippen LogP contribution in [0.5, 0.6) is 5.75 Å². The maximum Gasteiger partial charge on any atom is 0.207 e. The fourth-order valence-electron chi connectivity index (χ4n) is 1.95. The number of hydrogen-bond donors (Lipinski definition) is 1. The number of hydrogen-bond acceptors (Lipinski definition) is 2. The van der Waals surface area contributed by atoms with Gasteiger partial charge >= 0.3 is 0 Å². The summed E-state index contributed by atoms with van der Waals surface area (Å²) in [7, 11) is 0. The van der Waals surface area contributed by atoms with Gasteiger partial charge < -0.3 is 10.1 Å².